The number of anilines is 2. The molecular formula is C16H21N3O. The summed E-state index contributed by atoms with van der Waals surface area (Å²) in [7, 11) is 3.97. The van der Waals surface area contributed by atoms with Crippen molar-refractivity contribution in [2.75, 3.05) is 24.3 Å². The molecule has 1 saturated carbocycles. The van der Waals surface area contributed by atoms with Crippen LogP contribution >= 0.6 is 0 Å². The summed E-state index contributed by atoms with van der Waals surface area (Å²) in [5.41, 5.74) is 1.01. The van der Waals surface area contributed by atoms with Gasteiger partial charge in [0, 0.05) is 20.0 Å². The fraction of sp³-hybridized carbons (Fsp3) is 0.438. The van der Waals surface area contributed by atoms with Crippen LogP contribution in [0.5, 0.6) is 0 Å². The van der Waals surface area contributed by atoms with Crippen LogP contribution in [0.2, 0.25) is 0 Å². The van der Waals surface area contributed by atoms with E-state index in [1.54, 1.807) is 0 Å². The summed E-state index contributed by atoms with van der Waals surface area (Å²) in [4.78, 5) is 6.36. The minimum atomic E-state index is 0.643. The van der Waals surface area contributed by atoms with Gasteiger partial charge >= 0.3 is 0 Å². The fourth-order valence-corrected chi connectivity index (χ4v) is 2.35. The summed E-state index contributed by atoms with van der Waals surface area (Å²) < 4.78 is 5.87. The Labute approximate surface area is 119 Å². The Morgan fingerprint density at radius 3 is 2.70 bits per heavy atom. The van der Waals surface area contributed by atoms with E-state index >= 15 is 0 Å². The van der Waals surface area contributed by atoms with Gasteiger partial charge in [0.1, 0.15) is 17.3 Å². The van der Waals surface area contributed by atoms with E-state index < -0.39 is 0 Å². The van der Waals surface area contributed by atoms with Gasteiger partial charge in [0.25, 0.3) is 0 Å². The van der Waals surface area contributed by atoms with E-state index in [1.807, 2.05) is 37.3 Å². The van der Waals surface area contributed by atoms with Crippen molar-refractivity contribution in [1.29, 1.82) is 0 Å². The van der Waals surface area contributed by atoms with E-state index in [1.165, 1.54) is 6.42 Å². The van der Waals surface area contributed by atoms with Crippen molar-refractivity contribution in [3.63, 3.8) is 0 Å². The summed E-state index contributed by atoms with van der Waals surface area (Å²) in [6.45, 7) is 2.97. The number of hydrogen-bond donors (Lipinski definition) is 1. The number of hydrogen-bond acceptors (Lipinski definition) is 4. The third kappa shape index (κ3) is 2.79. The lowest BCUT2D eigenvalue weighted by Gasteiger charge is -2.11. The highest BCUT2D eigenvalue weighted by Crippen LogP contribution is 2.47. The second-order valence-corrected chi connectivity index (χ2v) is 5.78. The third-order valence-corrected chi connectivity index (χ3v) is 3.83. The Bertz CT molecular complexity index is 574. The average molecular weight is 271 g/mol. The lowest BCUT2D eigenvalue weighted by atomic mass is 10.3. The van der Waals surface area contributed by atoms with Gasteiger partial charge in [-0.05, 0) is 36.6 Å². The van der Waals surface area contributed by atoms with Gasteiger partial charge in [0.05, 0.1) is 18.4 Å². The Balaban J connectivity index is 1.57. The molecule has 4 nitrogen and oxygen atoms in total. The molecule has 4 heteroatoms. The van der Waals surface area contributed by atoms with E-state index in [0.29, 0.717) is 12.5 Å². The van der Waals surface area contributed by atoms with Crippen molar-refractivity contribution in [2.45, 2.75) is 25.8 Å². The lowest BCUT2D eigenvalue weighted by Crippen LogP contribution is -2.10. The maximum absolute atomic E-state index is 5.87. The molecule has 0 radical (unpaired) electrons. The van der Waals surface area contributed by atoms with Gasteiger partial charge in [0.15, 0.2) is 0 Å². The van der Waals surface area contributed by atoms with Crippen LogP contribution in [0.4, 0.5) is 11.5 Å². The molecule has 1 fully saturated rings. The van der Waals surface area contributed by atoms with E-state index in [4.69, 9.17) is 4.42 Å². The molecule has 1 N–H and O–H groups in total. The lowest BCUT2D eigenvalue weighted by molar-refractivity contribution is 0.468. The number of furan rings is 1. The van der Waals surface area contributed by atoms with Crippen LogP contribution in [-0.2, 0) is 6.54 Å². The Morgan fingerprint density at radius 1 is 1.30 bits per heavy atom. The summed E-state index contributed by atoms with van der Waals surface area (Å²) in [6, 6.07) is 8.21. The molecule has 20 heavy (non-hydrogen) atoms. The zero-order chi connectivity index (χ0) is 14.1. The summed E-state index contributed by atoms with van der Waals surface area (Å²) in [5.74, 6) is 4.50. The molecule has 1 aliphatic rings. The van der Waals surface area contributed by atoms with Crippen molar-refractivity contribution < 1.29 is 4.42 Å². The van der Waals surface area contributed by atoms with Gasteiger partial charge in [-0.25, -0.2) is 4.98 Å². The van der Waals surface area contributed by atoms with Gasteiger partial charge in [0.2, 0.25) is 0 Å². The first-order valence-corrected chi connectivity index (χ1v) is 7.09. The van der Waals surface area contributed by atoms with E-state index in [-0.39, 0.29) is 0 Å². The molecule has 0 aromatic carbocycles. The van der Waals surface area contributed by atoms with Crippen molar-refractivity contribution in [2.24, 2.45) is 5.92 Å². The molecule has 3 rings (SSSR count). The number of rotatable bonds is 5. The van der Waals surface area contributed by atoms with Crippen LogP contribution in [0, 0.1) is 5.92 Å². The Kier molecular flexibility index (Phi) is 3.38. The number of aromatic nitrogens is 1. The maximum Gasteiger partial charge on any atom is 0.128 e. The molecule has 2 aromatic rings. The summed E-state index contributed by atoms with van der Waals surface area (Å²) in [5, 5.41) is 3.34. The fourth-order valence-electron chi connectivity index (χ4n) is 2.35. The van der Waals surface area contributed by atoms with Crippen molar-refractivity contribution >= 4 is 11.5 Å². The zero-order valence-electron chi connectivity index (χ0n) is 12.3. The molecule has 2 unspecified atom stereocenters. The molecule has 2 heterocycles. The van der Waals surface area contributed by atoms with Gasteiger partial charge in [-0.15, -0.1) is 0 Å². The summed E-state index contributed by atoms with van der Waals surface area (Å²) in [6.07, 6.45) is 3.11. The van der Waals surface area contributed by atoms with Crippen molar-refractivity contribution in [1.82, 2.24) is 4.98 Å². The third-order valence-electron chi connectivity index (χ3n) is 3.83. The summed E-state index contributed by atoms with van der Waals surface area (Å²) >= 11 is 0. The van der Waals surface area contributed by atoms with Crippen LogP contribution in [0.25, 0.3) is 0 Å². The normalized spacial score (nSPS) is 20.8. The second-order valence-electron chi connectivity index (χ2n) is 5.78. The minimum Gasteiger partial charge on any atom is -0.464 e. The Morgan fingerprint density at radius 2 is 2.10 bits per heavy atom. The minimum absolute atomic E-state index is 0.643. The van der Waals surface area contributed by atoms with Gasteiger partial charge < -0.3 is 14.6 Å². The predicted octanol–water partition coefficient (Wildman–Crippen LogP) is 3.48. The molecule has 0 bridgehead atoms. The van der Waals surface area contributed by atoms with Crippen molar-refractivity contribution in [3.8, 4) is 0 Å². The highest BCUT2D eigenvalue weighted by atomic mass is 16.3. The SMILES string of the molecule is CC1CC1c1ccc(CNc2ccc(N(C)C)nc2)o1. The molecule has 1 aliphatic carbocycles. The maximum atomic E-state index is 5.87. The van der Waals surface area contributed by atoms with Crippen molar-refractivity contribution in [3.05, 3.63) is 42.0 Å². The van der Waals surface area contributed by atoms with Gasteiger partial charge in [-0.3, -0.25) is 0 Å². The topological polar surface area (TPSA) is 41.3 Å². The highest BCUT2D eigenvalue weighted by Gasteiger charge is 2.36. The van der Waals surface area contributed by atoms with Gasteiger partial charge in [-0.1, -0.05) is 6.92 Å². The van der Waals surface area contributed by atoms with Crippen LogP contribution in [0.15, 0.2) is 34.9 Å². The van der Waals surface area contributed by atoms with Gasteiger partial charge in [-0.2, -0.15) is 0 Å². The first-order chi connectivity index (χ1) is 9.63. The van der Waals surface area contributed by atoms with Crippen LogP contribution in [-0.4, -0.2) is 19.1 Å². The van der Waals surface area contributed by atoms with E-state index in [0.717, 1.165) is 28.9 Å². The Hall–Kier alpha value is -1.97. The average Bonchev–Trinajstić information content (AvgIpc) is 3.00. The molecular weight excluding hydrogens is 250 g/mol. The van der Waals surface area contributed by atoms with Crippen LogP contribution in [0.3, 0.4) is 0 Å². The largest absolute Gasteiger partial charge is 0.464 e. The number of pyridine rings is 1. The first kappa shape index (κ1) is 13.0. The predicted molar refractivity (Wildman–Crippen MR) is 81.1 cm³/mol. The molecule has 0 spiro atoms. The first-order valence-electron chi connectivity index (χ1n) is 7.09. The van der Waals surface area contributed by atoms with E-state index in [2.05, 4.69) is 29.4 Å². The number of nitrogens with one attached hydrogen (secondary N) is 1. The quantitative estimate of drug-likeness (QED) is 0.904. The standard InChI is InChI=1S/C16H21N3O/c1-11-8-14(11)15-6-5-13(20-15)10-17-12-4-7-16(18-9-12)19(2)3/h4-7,9,11,14,17H,8,10H2,1-3H3. The monoisotopic (exact) mass is 271 g/mol. The molecule has 0 saturated heterocycles. The number of nitrogens with zero attached hydrogens (tertiary/aromatic N) is 2. The van der Waals surface area contributed by atoms with E-state index in [9.17, 15) is 0 Å². The zero-order valence-corrected chi connectivity index (χ0v) is 12.3. The smallest absolute Gasteiger partial charge is 0.128 e. The molecule has 0 aliphatic heterocycles. The highest BCUT2D eigenvalue weighted by molar-refractivity contribution is 5.47. The molecule has 106 valence electrons. The molecule has 2 aromatic heterocycles. The molecule has 0 amide bonds. The van der Waals surface area contributed by atoms with Crippen LogP contribution in [0.1, 0.15) is 30.8 Å². The second kappa shape index (κ2) is 5.19. The molecule has 2 atom stereocenters. The van der Waals surface area contributed by atoms with Crippen LogP contribution < -0.4 is 10.2 Å².